The van der Waals surface area contributed by atoms with Crippen LogP contribution in [-0.4, -0.2) is 18.3 Å². The van der Waals surface area contributed by atoms with Crippen molar-refractivity contribution in [3.8, 4) is 0 Å². The Labute approximate surface area is 78.0 Å². The zero-order chi connectivity index (χ0) is 9.26. The molecule has 0 saturated heterocycles. The summed E-state index contributed by atoms with van der Waals surface area (Å²) in [4.78, 5) is 4.22. The highest BCUT2D eigenvalue weighted by Crippen LogP contribution is 2.27. The largest absolute Gasteiger partial charge is 0.239 e. The van der Waals surface area contributed by atoms with Gasteiger partial charge >= 0.3 is 0 Å². The van der Waals surface area contributed by atoms with Crippen LogP contribution >= 0.6 is 0 Å². The lowest BCUT2D eigenvalue weighted by molar-refractivity contribution is 0.656. The summed E-state index contributed by atoms with van der Waals surface area (Å²) in [7, 11) is 0. The molecule has 0 amide bonds. The van der Waals surface area contributed by atoms with E-state index in [2.05, 4.69) is 35.1 Å². The molecular formula is C10H13N3. The van der Waals surface area contributed by atoms with Crippen molar-refractivity contribution in [2.45, 2.75) is 20.3 Å². The minimum atomic E-state index is 0.377. The summed E-state index contributed by atoms with van der Waals surface area (Å²) >= 11 is 0. The van der Waals surface area contributed by atoms with Crippen molar-refractivity contribution in [2.75, 3.05) is 0 Å². The minimum Gasteiger partial charge on any atom is -0.239 e. The van der Waals surface area contributed by atoms with Gasteiger partial charge in [0, 0.05) is 18.3 Å². The van der Waals surface area contributed by atoms with Crippen molar-refractivity contribution in [1.29, 1.82) is 0 Å². The number of hydrogen-bond donors (Lipinski definition) is 0. The van der Waals surface area contributed by atoms with Gasteiger partial charge in [-0.3, -0.25) is 0 Å². The van der Waals surface area contributed by atoms with Gasteiger partial charge in [-0.25, -0.2) is 4.99 Å². The number of allylic oxidation sites excluding steroid dienone is 1. The molecule has 2 heterocycles. The topological polar surface area (TPSA) is 37.1 Å². The molecule has 0 aromatic carbocycles. The third-order valence-corrected chi connectivity index (χ3v) is 2.44. The Hall–Kier alpha value is -1.25. The van der Waals surface area contributed by atoms with E-state index in [-0.39, 0.29) is 0 Å². The molecule has 0 bridgehead atoms. The van der Waals surface area contributed by atoms with E-state index in [1.807, 2.05) is 12.4 Å². The molecule has 68 valence electrons. The molecule has 0 aromatic rings. The fourth-order valence-corrected chi connectivity index (χ4v) is 1.74. The van der Waals surface area contributed by atoms with Crippen LogP contribution in [0.2, 0.25) is 0 Å². The fourth-order valence-electron chi connectivity index (χ4n) is 1.74. The quantitative estimate of drug-likeness (QED) is 0.585. The molecule has 0 N–H and O–H groups in total. The Morgan fingerprint density at radius 1 is 1.46 bits per heavy atom. The smallest absolute Gasteiger partial charge is 0.158 e. The van der Waals surface area contributed by atoms with E-state index < -0.39 is 0 Å². The number of hydrogen-bond acceptors (Lipinski definition) is 3. The van der Waals surface area contributed by atoms with E-state index in [1.165, 1.54) is 5.57 Å². The molecule has 2 aliphatic rings. The van der Waals surface area contributed by atoms with Crippen LogP contribution in [0.25, 0.3) is 0 Å². The average molecular weight is 175 g/mol. The minimum absolute atomic E-state index is 0.377. The summed E-state index contributed by atoms with van der Waals surface area (Å²) < 4.78 is 0. The van der Waals surface area contributed by atoms with Gasteiger partial charge in [-0.05, 0) is 18.4 Å². The van der Waals surface area contributed by atoms with E-state index in [1.54, 1.807) is 0 Å². The van der Waals surface area contributed by atoms with Crippen LogP contribution in [0.5, 0.6) is 0 Å². The van der Waals surface area contributed by atoms with Crippen molar-refractivity contribution in [3.05, 3.63) is 11.6 Å². The number of fused-ring (bicyclic) bond motifs is 1. The summed E-state index contributed by atoms with van der Waals surface area (Å²) in [6, 6.07) is 0. The van der Waals surface area contributed by atoms with E-state index in [0.29, 0.717) is 11.8 Å². The van der Waals surface area contributed by atoms with Gasteiger partial charge in [0.15, 0.2) is 5.84 Å². The van der Waals surface area contributed by atoms with Crippen molar-refractivity contribution in [3.63, 3.8) is 0 Å². The molecule has 0 aromatic heterocycles. The van der Waals surface area contributed by atoms with Crippen LogP contribution in [0.1, 0.15) is 20.3 Å². The third kappa shape index (κ3) is 1.46. The fraction of sp³-hybridized carbons (Fsp3) is 0.500. The predicted octanol–water partition coefficient (Wildman–Crippen LogP) is 2.06. The summed E-state index contributed by atoms with van der Waals surface area (Å²) in [6.07, 6.45) is 6.74. The van der Waals surface area contributed by atoms with Gasteiger partial charge in [-0.15, -0.1) is 5.10 Å². The van der Waals surface area contributed by atoms with Crippen molar-refractivity contribution < 1.29 is 0 Å². The maximum absolute atomic E-state index is 4.22. The summed E-state index contributed by atoms with van der Waals surface area (Å²) in [5, 5.41) is 7.91. The standard InChI is InChI=1S/C10H13N3/c1-7(2)8-3-5-11-10-9(8)4-6-12-13-10/h3,5-7,9H,4H2,1-2H3. The first-order valence-corrected chi connectivity index (χ1v) is 4.62. The Bertz CT molecular complexity index is 321. The maximum atomic E-state index is 4.22. The van der Waals surface area contributed by atoms with E-state index in [9.17, 15) is 0 Å². The van der Waals surface area contributed by atoms with E-state index >= 15 is 0 Å². The van der Waals surface area contributed by atoms with Crippen LogP contribution in [0.4, 0.5) is 0 Å². The van der Waals surface area contributed by atoms with Gasteiger partial charge in [0.1, 0.15) is 0 Å². The van der Waals surface area contributed by atoms with Crippen LogP contribution in [0.3, 0.4) is 0 Å². The van der Waals surface area contributed by atoms with Crippen LogP contribution in [-0.2, 0) is 0 Å². The second-order valence-electron chi connectivity index (χ2n) is 3.64. The van der Waals surface area contributed by atoms with E-state index in [0.717, 1.165) is 12.3 Å². The summed E-state index contributed by atoms with van der Waals surface area (Å²) in [5.74, 6) is 1.81. The molecule has 2 rings (SSSR count). The summed E-state index contributed by atoms with van der Waals surface area (Å²) in [6.45, 7) is 4.41. The molecule has 0 saturated carbocycles. The molecule has 1 unspecified atom stereocenters. The molecule has 2 aliphatic heterocycles. The normalized spacial score (nSPS) is 25.6. The molecular weight excluding hydrogens is 162 g/mol. The molecule has 3 nitrogen and oxygen atoms in total. The third-order valence-electron chi connectivity index (χ3n) is 2.44. The number of rotatable bonds is 1. The Balaban J connectivity index is 2.32. The lowest BCUT2D eigenvalue weighted by atomic mass is 9.85. The SMILES string of the molecule is CC(C)C1=CC=NC2=NN=CCC12. The number of amidine groups is 1. The predicted molar refractivity (Wildman–Crippen MR) is 55.4 cm³/mol. The monoisotopic (exact) mass is 175 g/mol. The highest BCUT2D eigenvalue weighted by Gasteiger charge is 2.25. The lowest BCUT2D eigenvalue weighted by Gasteiger charge is -2.24. The molecule has 0 spiro atoms. The number of aliphatic imine (C=N–C) groups is 1. The molecule has 13 heavy (non-hydrogen) atoms. The van der Waals surface area contributed by atoms with Crippen molar-refractivity contribution in [1.82, 2.24) is 0 Å². The Morgan fingerprint density at radius 2 is 2.31 bits per heavy atom. The van der Waals surface area contributed by atoms with Gasteiger partial charge in [0.2, 0.25) is 0 Å². The van der Waals surface area contributed by atoms with Crippen LogP contribution < -0.4 is 0 Å². The van der Waals surface area contributed by atoms with Gasteiger partial charge in [-0.2, -0.15) is 5.10 Å². The zero-order valence-electron chi connectivity index (χ0n) is 7.94. The first-order chi connectivity index (χ1) is 6.29. The van der Waals surface area contributed by atoms with Gasteiger partial charge in [0.05, 0.1) is 0 Å². The average Bonchev–Trinajstić information content (AvgIpc) is 2.17. The lowest BCUT2D eigenvalue weighted by Crippen LogP contribution is -2.23. The Morgan fingerprint density at radius 3 is 3.08 bits per heavy atom. The summed E-state index contributed by atoms with van der Waals surface area (Å²) in [5.41, 5.74) is 1.42. The molecule has 1 atom stereocenters. The van der Waals surface area contributed by atoms with Crippen LogP contribution in [0, 0.1) is 11.8 Å². The number of nitrogens with zero attached hydrogens (tertiary/aromatic N) is 3. The van der Waals surface area contributed by atoms with Crippen molar-refractivity contribution >= 4 is 18.3 Å². The second-order valence-corrected chi connectivity index (χ2v) is 3.64. The molecule has 0 aliphatic carbocycles. The highest BCUT2D eigenvalue weighted by atomic mass is 15.2. The maximum Gasteiger partial charge on any atom is 0.158 e. The van der Waals surface area contributed by atoms with Gasteiger partial charge in [-0.1, -0.05) is 19.4 Å². The second kappa shape index (κ2) is 3.24. The van der Waals surface area contributed by atoms with E-state index in [4.69, 9.17) is 0 Å². The van der Waals surface area contributed by atoms with Gasteiger partial charge < -0.3 is 0 Å². The first-order valence-electron chi connectivity index (χ1n) is 4.62. The number of dihydropyridines is 1. The molecule has 0 fully saturated rings. The highest BCUT2D eigenvalue weighted by molar-refractivity contribution is 6.01. The Kier molecular flexibility index (Phi) is 2.08. The van der Waals surface area contributed by atoms with Crippen molar-refractivity contribution in [2.24, 2.45) is 27.0 Å². The molecule has 0 radical (unpaired) electrons. The zero-order valence-corrected chi connectivity index (χ0v) is 7.94. The molecule has 3 heteroatoms. The van der Waals surface area contributed by atoms with Gasteiger partial charge in [0.25, 0.3) is 0 Å². The first kappa shape index (κ1) is 8.35. The van der Waals surface area contributed by atoms with Crippen LogP contribution in [0.15, 0.2) is 26.8 Å².